The van der Waals surface area contributed by atoms with Gasteiger partial charge in [-0.1, -0.05) is 222 Å². The second-order valence-corrected chi connectivity index (χ2v) is 18.8. The van der Waals surface area contributed by atoms with E-state index in [-0.39, 0.29) is 37.5 Å². The van der Waals surface area contributed by atoms with E-state index in [4.69, 9.17) is 14.2 Å². The molecule has 0 aromatic rings. The van der Waals surface area contributed by atoms with Crippen molar-refractivity contribution >= 4 is 17.9 Å². The molecule has 0 aromatic carbocycles. The number of rotatable bonds is 51. The van der Waals surface area contributed by atoms with Crippen molar-refractivity contribution in [3.63, 3.8) is 0 Å². The molecule has 0 amide bonds. The van der Waals surface area contributed by atoms with Crippen molar-refractivity contribution < 1.29 is 28.6 Å². The minimum absolute atomic E-state index is 0.103. The van der Waals surface area contributed by atoms with Crippen LogP contribution in [-0.4, -0.2) is 37.2 Å². The first-order chi connectivity index (χ1) is 33.0. The van der Waals surface area contributed by atoms with Gasteiger partial charge in [-0.3, -0.25) is 14.4 Å². The Hall–Kier alpha value is -3.15. The second kappa shape index (κ2) is 55.4. The lowest BCUT2D eigenvalue weighted by Gasteiger charge is -2.18. The van der Waals surface area contributed by atoms with E-state index >= 15 is 0 Å². The van der Waals surface area contributed by atoms with Gasteiger partial charge in [-0.2, -0.15) is 0 Å². The van der Waals surface area contributed by atoms with Gasteiger partial charge in [0, 0.05) is 19.3 Å². The zero-order chi connectivity index (χ0) is 48.6. The van der Waals surface area contributed by atoms with Gasteiger partial charge in [0.2, 0.25) is 0 Å². The lowest BCUT2D eigenvalue weighted by atomic mass is 10.1. The van der Waals surface area contributed by atoms with Crippen LogP contribution in [0.25, 0.3) is 0 Å². The third-order valence-electron chi connectivity index (χ3n) is 12.2. The quantitative estimate of drug-likeness (QED) is 0.0262. The molecule has 0 saturated carbocycles. The monoisotopic (exact) mass is 935 g/mol. The molecule has 1 unspecified atom stereocenters. The maximum absolute atomic E-state index is 12.8. The molecule has 0 aliphatic heterocycles. The Labute approximate surface area is 414 Å². The minimum Gasteiger partial charge on any atom is -0.462 e. The maximum Gasteiger partial charge on any atom is 0.306 e. The zero-order valence-electron chi connectivity index (χ0n) is 44.2. The number of carbonyl (C=O) groups is 3. The molecule has 0 bridgehead atoms. The third-order valence-corrected chi connectivity index (χ3v) is 12.2. The second-order valence-electron chi connectivity index (χ2n) is 18.8. The first-order valence-corrected chi connectivity index (χ1v) is 28.4. The van der Waals surface area contributed by atoms with E-state index < -0.39 is 6.10 Å². The molecular formula is C61H106O6. The molecule has 0 fully saturated rings. The summed E-state index contributed by atoms with van der Waals surface area (Å²) in [5, 5.41) is 0. The van der Waals surface area contributed by atoms with E-state index in [0.29, 0.717) is 19.3 Å². The molecule has 0 saturated heterocycles. The molecule has 6 nitrogen and oxygen atoms in total. The topological polar surface area (TPSA) is 78.9 Å². The molecule has 0 heterocycles. The normalized spacial score (nSPS) is 12.6. The third kappa shape index (κ3) is 53.7. The van der Waals surface area contributed by atoms with Crippen molar-refractivity contribution in [3.05, 3.63) is 72.9 Å². The van der Waals surface area contributed by atoms with E-state index in [1.165, 1.54) is 154 Å². The summed E-state index contributed by atoms with van der Waals surface area (Å²) in [6, 6.07) is 0. The molecule has 386 valence electrons. The van der Waals surface area contributed by atoms with Crippen molar-refractivity contribution in [1.82, 2.24) is 0 Å². The number of ether oxygens (including phenoxy) is 3. The van der Waals surface area contributed by atoms with E-state index in [9.17, 15) is 14.4 Å². The summed E-state index contributed by atoms with van der Waals surface area (Å²) >= 11 is 0. The van der Waals surface area contributed by atoms with Crippen molar-refractivity contribution in [2.45, 2.75) is 284 Å². The van der Waals surface area contributed by atoms with Crippen LogP contribution in [0.3, 0.4) is 0 Å². The Morgan fingerprint density at radius 1 is 0.299 bits per heavy atom. The van der Waals surface area contributed by atoms with E-state index in [2.05, 4.69) is 93.7 Å². The van der Waals surface area contributed by atoms with E-state index in [0.717, 1.165) is 77.0 Å². The number of hydrogen-bond acceptors (Lipinski definition) is 6. The highest BCUT2D eigenvalue weighted by atomic mass is 16.6. The summed E-state index contributed by atoms with van der Waals surface area (Å²) in [5.41, 5.74) is 0. The molecule has 0 aromatic heterocycles. The average molecular weight is 936 g/mol. The maximum atomic E-state index is 12.8. The van der Waals surface area contributed by atoms with Gasteiger partial charge in [0.1, 0.15) is 13.2 Å². The fourth-order valence-electron chi connectivity index (χ4n) is 7.84. The predicted molar refractivity (Wildman–Crippen MR) is 288 cm³/mol. The molecule has 0 spiro atoms. The van der Waals surface area contributed by atoms with Gasteiger partial charge >= 0.3 is 17.9 Å². The van der Waals surface area contributed by atoms with Crippen molar-refractivity contribution in [2.75, 3.05) is 13.2 Å². The summed E-state index contributed by atoms with van der Waals surface area (Å²) in [6.45, 7) is 6.55. The van der Waals surface area contributed by atoms with Gasteiger partial charge in [-0.15, -0.1) is 0 Å². The van der Waals surface area contributed by atoms with Crippen LogP contribution in [0.4, 0.5) is 0 Å². The smallest absolute Gasteiger partial charge is 0.306 e. The molecule has 1 atom stereocenters. The van der Waals surface area contributed by atoms with Crippen LogP contribution in [0.15, 0.2) is 72.9 Å². The van der Waals surface area contributed by atoms with Crippen LogP contribution in [0.5, 0.6) is 0 Å². The van der Waals surface area contributed by atoms with E-state index in [1.807, 2.05) is 0 Å². The van der Waals surface area contributed by atoms with Crippen molar-refractivity contribution in [3.8, 4) is 0 Å². The van der Waals surface area contributed by atoms with Gasteiger partial charge in [0.05, 0.1) is 0 Å². The van der Waals surface area contributed by atoms with Gasteiger partial charge in [-0.25, -0.2) is 0 Å². The molecule has 0 aliphatic carbocycles. The van der Waals surface area contributed by atoms with Gasteiger partial charge < -0.3 is 14.2 Å². The Morgan fingerprint density at radius 2 is 0.552 bits per heavy atom. The summed E-state index contributed by atoms with van der Waals surface area (Å²) in [5.74, 6) is -0.975. The summed E-state index contributed by atoms with van der Waals surface area (Å²) in [6.07, 6.45) is 70.4. The summed E-state index contributed by atoms with van der Waals surface area (Å²) in [4.78, 5) is 38.1. The number of esters is 3. The van der Waals surface area contributed by atoms with Crippen LogP contribution in [-0.2, 0) is 28.6 Å². The van der Waals surface area contributed by atoms with Crippen LogP contribution < -0.4 is 0 Å². The highest BCUT2D eigenvalue weighted by molar-refractivity contribution is 5.71. The summed E-state index contributed by atoms with van der Waals surface area (Å²) in [7, 11) is 0. The number of carbonyl (C=O) groups excluding carboxylic acids is 3. The lowest BCUT2D eigenvalue weighted by molar-refractivity contribution is -0.167. The molecule has 0 radical (unpaired) electrons. The molecule has 67 heavy (non-hydrogen) atoms. The highest BCUT2D eigenvalue weighted by Crippen LogP contribution is 2.14. The first-order valence-electron chi connectivity index (χ1n) is 28.4. The molecule has 6 heteroatoms. The standard InChI is InChI=1S/C61H106O6/c1-4-7-10-13-16-19-22-25-27-29-30-32-33-36-39-42-45-48-51-54-60(63)66-57-58(56-65-59(62)53-50-47-44-41-38-35-24-21-18-15-12-9-6-3)67-61(64)55-52-49-46-43-40-37-34-31-28-26-23-20-17-14-11-8-5-2/h17,20,26,28-30,34-35,37-38,43,46,58H,4-16,18-19,21-25,27,31-33,36,39-42,44-45,47-57H2,1-3H3/b20-17-,28-26-,30-29-,37-34-,38-35-,46-43-. The Kier molecular flexibility index (Phi) is 52.8. The zero-order valence-corrected chi connectivity index (χ0v) is 44.2. The molecule has 0 aliphatic rings. The Balaban J connectivity index is 4.46. The van der Waals surface area contributed by atoms with Crippen LogP contribution in [0, 0.1) is 0 Å². The SMILES string of the molecule is CCCCC/C=C\C/C=C\C/C=C\C/C=C\CCCC(=O)OC(COC(=O)CCCCC/C=C\CCCCCCCC)COC(=O)CCCCCCCCC/C=C\CCCCCCCCCC. The fraction of sp³-hybridized carbons (Fsp3) is 0.754. The first kappa shape index (κ1) is 63.8. The van der Waals surface area contributed by atoms with Gasteiger partial charge in [0.25, 0.3) is 0 Å². The number of unbranched alkanes of at least 4 members (excludes halogenated alkanes) is 28. The van der Waals surface area contributed by atoms with Crippen molar-refractivity contribution in [2.24, 2.45) is 0 Å². The Morgan fingerprint density at radius 3 is 0.940 bits per heavy atom. The number of hydrogen-bond donors (Lipinski definition) is 0. The fourth-order valence-corrected chi connectivity index (χ4v) is 7.84. The Bertz CT molecular complexity index is 1260. The van der Waals surface area contributed by atoms with Crippen LogP contribution >= 0.6 is 0 Å². The van der Waals surface area contributed by atoms with Crippen molar-refractivity contribution in [1.29, 1.82) is 0 Å². The molecule has 0 N–H and O–H groups in total. The minimum atomic E-state index is -0.811. The van der Waals surface area contributed by atoms with E-state index in [1.54, 1.807) is 0 Å². The molecular weight excluding hydrogens is 829 g/mol. The summed E-state index contributed by atoms with van der Waals surface area (Å²) < 4.78 is 16.8. The number of allylic oxidation sites excluding steroid dienone is 12. The van der Waals surface area contributed by atoms with Crippen LogP contribution in [0.2, 0.25) is 0 Å². The van der Waals surface area contributed by atoms with Crippen LogP contribution in [0.1, 0.15) is 278 Å². The highest BCUT2D eigenvalue weighted by Gasteiger charge is 2.19. The average Bonchev–Trinajstić information content (AvgIpc) is 3.33. The predicted octanol–water partition coefficient (Wildman–Crippen LogP) is 19.0. The van der Waals surface area contributed by atoms with Gasteiger partial charge in [0.15, 0.2) is 6.10 Å². The van der Waals surface area contributed by atoms with Gasteiger partial charge in [-0.05, 0) is 109 Å². The molecule has 0 rings (SSSR count). The largest absolute Gasteiger partial charge is 0.462 e. The lowest BCUT2D eigenvalue weighted by Crippen LogP contribution is -2.30.